The van der Waals surface area contributed by atoms with Crippen LogP contribution in [0.3, 0.4) is 0 Å². The first-order valence-electron chi connectivity index (χ1n) is 7.38. The summed E-state index contributed by atoms with van der Waals surface area (Å²) in [5, 5.41) is 27.1. The van der Waals surface area contributed by atoms with E-state index in [0.29, 0.717) is 40.1 Å². The molecule has 4 nitrogen and oxygen atoms in total. The maximum absolute atomic E-state index is 14.2. The first-order chi connectivity index (χ1) is 11.0. The standard InChI is InChI=1S/C18H17FN2O2/c1-3-11-8-13(16(23)9-15(11)22)18-17(10(2)20-21-18)12-6-4-5-7-14(12)19/h4-9,22-23H,3H2,1-2H3,(H,20,21). The van der Waals surface area contributed by atoms with E-state index in [4.69, 9.17) is 0 Å². The Morgan fingerprint density at radius 1 is 1.09 bits per heavy atom. The van der Waals surface area contributed by atoms with Crippen LogP contribution < -0.4 is 0 Å². The molecule has 0 saturated heterocycles. The molecule has 2 aromatic carbocycles. The van der Waals surface area contributed by atoms with Crippen molar-refractivity contribution < 1.29 is 14.6 Å². The Kier molecular flexibility index (Phi) is 3.78. The summed E-state index contributed by atoms with van der Waals surface area (Å²) in [4.78, 5) is 0. The summed E-state index contributed by atoms with van der Waals surface area (Å²) in [6, 6.07) is 9.42. The third-order valence-electron chi connectivity index (χ3n) is 3.92. The number of nitrogens with one attached hydrogen (secondary N) is 1. The van der Waals surface area contributed by atoms with Gasteiger partial charge in [0.25, 0.3) is 0 Å². The van der Waals surface area contributed by atoms with Crippen molar-refractivity contribution in [3.63, 3.8) is 0 Å². The Morgan fingerprint density at radius 3 is 2.52 bits per heavy atom. The molecule has 0 saturated carbocycles. The van der Waals surface area contributed by atoms with Crippen LogP contribution >= 0.6 is 0 Å². The number of aromatic hydroxyl groups is 2. The average Bonchev–Trinajstić information content (AvgIpc) is 2.89. The summed E-state index contributed by atoms with van der Waals surface area (Å²) in [5.74, 6) is -0.413. The van der Waals surface area contributed by atoms with Gasteiger partial charge in [-0.15, -0.1) is 0 Å². The number of halogens is 1. The van der Waals surface area contributed by atoms with Crippen molar-refractivity contribution in [1.29, 1.82) is 0 Å². The lowest BCUT2D eigenvalue weighted by Crippen LogP contribution is -1.90. The van der Waals surface area contributed by atoms with Crippen molar-refractivity contribution in [2.45, 2.75) is 20.3 Å². The first-order valence-corrected chi connectivity index (χ1v) is 7.38. The first kappa shape index (κ1) is 15.1. The van der Waals surface area contributed by atoms with Crippen LogP contribution in [-0.2, 0) is 6.42 Å². The van der Waals surface area contributed by atoms with Gasteiger partial charge in [-0.05, 0) is 31.0 Å². The van der Waals surface area contributed by atoms with E-state index in [0.717, 1.165) is 0 Å². The summed E-state index contributed by atoms with van der Waals surface area (Å²) in [5.41, 5.74) is 3.33. The molecule has 23 heavy (non-hydrogen) atoms. The third kappa shape index (κ3) is 2.54. The fourth-order valence-electron chi connectivity index (χ4n) is 2.71. The highest BCUT2D eigenvalue weighted by atomic mass is 19.1. The number of hydrogen-bond donors (Lipinski definition) is 3. The quantitative estimate of drug-likeness (QED) is 0.680. The number of aromatic amines is 1. The highest BCUT2D eigenvalue weighted by Crippen LogP contribution is 2.40. The molecule has 1 heterocycles. The number of benzene rings is 2. The second-order valence-electron chi connectivity index (χ2n) is 5.40. The van der Waals surface area contributed by atoms with Gasteiger partial charge in [0.15, 0.2) is 0 Å². The smallest absolute Gasteiger partial charge is 0.131 e. The van der Waals surface area contributed by atoms with Crippen LogP contribution in [0.5, 0.6) is 11.5 Å². The van der Waals surface area contributed by atoms with Gasteiger partial charge in [0.2, 0.25) is 0 Å². The van der Waals surface area contributed by atoms with Crippen LogP contribution in [0, 0.1) is 12.7 Å². The predicted octanol–water partition coefficient (Wildman–Crippen LogP) is 4.16. The van der Waals surface area contributed by atoms with Gasteiger partial charge < -0.3 is 10.2 Å². The second kappa shape index (κ2) is 5.76. The number of H-pyrrole nitrogens is 1. The van der Waals surface area contributed by atoms with Gasteiger partial charge in [0, 0.05) is 28.5 Å². The minimum atomic E-state index is -0.354. The molecule has 0 radical (unpaired) electrons. The minimum Gasteiger partial charge on any atom is -0.508 e. The predicted molar refractivity (Wildman–Crippen MR) is 86.9 cm³/mol. The molecule has 3 rings (SSSR count). The van der Waals surface area contributed by atoms with E-state index >= 15 is 0 Å². The van der Waals surface area contributed by atoms with Crippen molar-refractivity contribution in [3.05, 3.63) is 53.5 Å². The lowest BCUT2D eigenvalue weighted by Gasteiger charge is -2.10. The molecule has 1 aromatic heterocycles. The van der Waals surface area contributed by atoms with Crippen LogP contribution in [0.15, 0.2) is 36.4 Å². The Morgan fingerprint density at radius 2 is 1.83 bits per heavy atom. The summed E-state index contributed by atoms with van der Waals surface area (Å²) in [6.45, 7) is 3.71. The number of nitrogens with zero attached hydrogens (tertiary/aromatic N) is 1. The summed E-state index contributed by atoms with van der Waals surface area (Å²) >= 11 is 0. The molecule has 0 atom stereocenters. The molecule has 5 heteroatoms. The van der Waals surface area contributed by atoms with Gasteiger partial charge in [0.1, 0.15) is 23.0 Å². The van der Waals surface area contributed by atoms with E-state index in [1.54, 1.807) is 31.2 Å². The summed E-state index contributed by atoms with van der Waals surface area (Å²) in [6.07, 6.45) is 0.609. The van der Waals surface area contributed by atoms with Crippen molar-refractivity contribution >= 4 is 0 Å². The van der Waals surface area contributed by atoms with E-state index in [-0.39, 0.29) is 17.3 Å². The number of rotatable bonds is 3. The second-order valence-corrected chi connectivity index (χ2v) is 5.40. The molecule has 0 amide bonds. The zero-order chi connectivity index (χ0) is 16.6. The van der Waals surface area contributed by atoms with Gasteiger partial charge in [-0.2, -0.15) is 5.10 Å². The normalized spacial score (nSPS) is 10.9. The highest BCUT2D eigenvalue weighted by molar-refractivity contribution is 5.85. The maximum Gasteiger partial charge on any atom is 0.131 e. The monoisotopic (exact) mass is 312 g/mol. The lowest BCUT2D eigenvalue weighted by molar-refractivity contribution is 0.447. The molecular formula is C18H17FN2O2. The van der Waals surface area contributed by atoms with Crippen molar-refractivity contribution in [1.82, 2.24) is 10.2 Å². The zero-order valence-electron chi connectivity index (χ0n) is 12.9. The molecule has 0 aliphatic rings. The topological polar surface area (TPSA) is 69.1 Å². The molecule has 0 bridgehead atoms. The summed E-state index contributed by atoms with van der Waals surface area (Å²) < 4.78 is 14.2. The van der Waals surface area contributed by atoms with Crippen LogP contribution in [0.1, 0.15) is 18.2 Å². The Hall–Kier alpha value is -2.82. The number of aryl methyl sites for hydroxylation is 2. The largest absolute Gasteiger partial charge is 0.508 e. The minimum absolute atomic E-state index is 0.0356. The fraction of sp³-hybridized carbons (Fsp3) is 0.167. The molecule has 3 aromatic rings. The molecule has 0 spiro atoms. The van der Waals surface area contributed by atoms with Gasteiger partial charge in [-0.1, -0.05) is 25.1 Å². The van der Waals surface area contributed by atoms with Crippen LogP contribution in [0.2, 0.25) is 0 Å². The van der Waals surface area contributed by atoms with E-state index in [9.17, 15) is 14.6 Å². The molecule has 118 valence electrons. The number of phenolic OH excluding ortho intramolecular Hbond substituents is 2. The number of aromatic nitrogens is 2. The molecule has 0 unspecified atom stereocenters. The number of phenols is 2. The van der Waals surface area contributed by atoms with E-state index in [1.807, 2.05) is 6.92 Å². The summed E-state index contributed by atoms with van der Waals surface area (Å²) in [7, 11) is 0. The van der Waals surface area contributed by atoms with Gasteiger partial charge in [0.05, 0.1) is 0 Å². The fourth-order valence-corrected chi connectivity index (χ4v) is 2.71. The SMILES string of the molecule is CCc1cc(-c2n[nH]c(C)c2-c2ccccc2F)c(O)cc1O. The van der Waals surface area contributed by atoms with E-state index < -0.39 is 0 Å². The molecule has 0 aliphatic heterocycles. The van der Waals surface area contributed by atoms with E-state index in [2.05, 4.69) is 10.2 Å². The van der Waals surface area contributed by atoms with Crippen LogP contribution in [0.25, 0.3) is 22.4 Å². The van der Waals surface area contributed by atoms with Crippen molar-refractivity contribution in [2.24, 2.45) is 0 Å². The third-order valence-corrected chi connectivity index (χ3v) is 3.92. The maximum atomic E-state index is 14.2. The Bertz CT molecular complexity index is 871. The highest BCUT2D eigenvalue weighted by Gasteiger charge is 2.20. The molecule has 0 aliphatic carbocycles. The van der Waals surface area contributed by atoms with Crippen LogP contribution in [-0.4, -0.2) is 20.4 Å². The van der Waals surface area contributed by atoms with Crippen LogP contribution in [0.4, 0.5) is 4.39 Å². The zero-order valence-corrected chi connectivity index (χ0v) is 12.9. The number of hydrogen-bond acceptors (Lipinski definition) is 3. The van der Waals surface area contributed by atoms with Gasteiger partial charge >= 0.3 is 0 Å². The molecule has 0 fully saturated rings. The lowest BCUT2D eigenvalue weighted by atomic mass is 9.96. The van der Waals surface area contributed by atoms with E-state index in [1.165, 1.54) is 12.1 Å². The van der Waals surface area contributed by atoms with Crippen molar-refractivity contribution in [2.75, 3.05) is 0 Å². The Labute approximate surface area is 133 Å². The Balaban J connectivity index is 2.26. The van der Waals surface area contributed by atoms with Gasteiger partial charge in [-0.3, -0.25) is 5.10 Å². The molecule has 3 N–H and O–H groups in total. The molecular weight excluding hydrogens is 295 g/mol. The average molecular weight is 312 g/mol. The van der Waals surface area contributed by atoms with Gasteiger partial charge in [-0.25, -0.2) is 4.39 Å². The van der Waals surface area contributed by atoms with Crippen molar-refractivity contribution in [3.8, 4) is 33.9 Å².